The normalized spacial score (nSPS) is 13.0. The van der Waals surface area contributed by atoms with Gasteiger partial charge >= 0.3 is 0 Å². The molecule has 4 rings (SSSR count). The Labute approximate surface area is 171 Å². The van der Waals surface area contributed by atoms with Crippen LogP contribution in [0.1, 0.15) is 22.3 Å². The van der Waals surface area contributed by atoms with Gasteiger partial charge in [0.15, 0.2) is 11.5 Å². The van der Waals surface area contributed by atoms with Crippen molar-refractivity contribution in [3.05, 3.63) is 71.0 Å². The van der Waals surface area contributed by atoms with Crippen molar-refractivity contribution >= 4 is 11.6 Å². The van der Waals surface area contributed by atoms with Crippen molar-refractivity contribution in [2.45, 2.75) is 26.4 Å². The summed E-state index contributed by atoms with van der Waals surface area (Å²) >= 11 is 0. The molecule has 0 fully saturated rings. The van der Waals surface area contributed by atoms with E-state index >= 15 is 0 Å². The first-order valence-corrected chi connectivity index (χ1v) is 9.76. The summed E-state index contributed by atoms with van der Waals surface area (Å²) in [5, 5.41) is 3.40. The number of hydrogen-bond acceptors (Lipinski definition) is 6. The Hall–Kier alpha value is -3.28. The van der Waals surface area contributed by atoms with Gasteiger partial charge in [-0.2, -0.15) is 0 Å². The van der Waals surface area contributed by atoms with Gasteiger partial charge in [-0.25, -0.2) is 9.97 Å². The Balaban J connectivity index is 1.48. The summed E-state index contributed by atoms with van der Waals surface area (Å²) in [6.07, 6.45) is 2.56. The average molecular weight is 390 g/mol. The molecule has 150 valence electrons. The van der Waals surface area contributed by atoms with Gasteiger partial charge in [0.1, 0.15) is 18.0 Å². The lowest BCUT2D eigenvalue weighted by Crippen LogP contribution is -2.31. The number of nitrogens with zero attached hydrogens (tertiary/aromatic N) is 3. The first kappa shape index (κ1) is 19.1. The quantitative estimate of drug-likeness (QED) is 0.687. The number of anilines is 2. The molecular formula is C23H26N4O2. The van der Waals surface area contributed by atoms with Gasteiger partial charge < -0.3 is 19.7 Å². The number of fused-ring (bicyclic) bond motifs is 1. The number of benzene rings is 2. The Morgan fingerprint density at radius 1 is 0.966 bits per heavy atom. The summed E-state index contributed by atoms with van der Waals surface area (Å²) in [5.74, 6) is 3.29. The number of hydrogen-bond donors (Lipinski definition) is 1. The molecule has 6 nitrogen and oxygen atoms in total. The van der Waals surface area contributed by atoms with Crippen LogP contribution in [0.15, 0.2) is 48.8 Å². The van der Waals surface area contributed by atoms with E-state index in [2.05, 4.69) is 63.5 Å². The molecule has 0 atom stereocenters. The Kier molecular flexibility index (Phi) is 5.51. The number of aromatic nitrogens is 2. The maximum atomic E-state index is 5.46. The Bertz CT molecular complexity index is 989. The fourth-order valence-corrected chi connectivity index (χ4v) is 3.59. The molecule has 1 N–H and O–H groups in total. The zero-order valence-electron chi connectivity index (χ0n) is 17.1. The largest absolute Gasteiger partial charge is 0.493 e. The minimum atomic E-state index is 0.733. The molecule has 3 aromatic rings. The number of aryl methyl sites for hydroxylation is 1. The third kappa shape index (κ3) is 4.26. The van der Waals surface area contributed by atoms with Crippen molar-refractivity contribution in [1.82, 2.24) is 9.97 Å². The van der Waals surface area contributed by atoms with Crippen LogP contribution in [0.2, 0.25) is 0 Å². The van der Waals surface area contributed by atoms with E-state index in [1.807, 2.05) is 6.07 Å². The van der Waals surface area contributed by atoms with E-state index in [0.717, 1.165) is 49.2 Å². The SMILES string of the molecule is COc1cc2c(cc1OC)CN(c1cc(NCc3ccc(C)cc3)ncn1)CC2. The van der Waals surface area contributed by atoms with Gasteiger partial charge in [0.25, 0.3) is 0 Å². The molecule has 0 spiro atoms. The molecule has 6 heteroatoms. The first-order valence-electron chi connectivity index (χ1n) is 9.76. The van der Waals surface area contributed by atoms with Crippen molar-refractivity contribution in [3.63, 3.8) is 0 Å². The Morgan fingerprint density at radius 3 is 2.41 bits per heavy atom. The minimum absolute atomic E-state index is 0.733. The monoisotopic (exact) mass is 390 g/mol. The van der Waals surface area contributed by atoms with Crippen molar-refractivity contribution in [3.8, 4) is 11.5 Å². The van der Waals surface area contributed by atoms with Crippen LogP contribution < -0.4 is 19.7 Å². The summed E-state index contributed by atoms with van der Waals surface area (Å²) in [6.45, 7) is 4.51. The lowest BCUT2D eigenvalue weighted by molar-refractivity contribution is 0.353. The predicted molar refractivity (Wildman–Crippen MR) is 115 cm³/mol. The van der Waals surface area contributed by atoms with E-state index in [1.54, 1.807) is 20.5 Å². The standard InChI is InChI=1S/C23H26N4O2/c1-16-4-6-17(7-5-16)13-24-22-12-23(26-15-25-22)27-9-8-18-10-20(28-2)21(29-3)11-19(18)14-27/h4-7,10-12,15H,8-9,13-14H2,1-3H3,(H,24,25,26). The highest BCUT2D eigenvalue weighted by atomic mass is 16.5. The van der Waals surface area contributed by atoms with Crippen LogP contribution in [0.25, 0.3) is 0 Å². The summed E-state index contributed by atoms with van der Waals surface area (Å²) in [6, 6.07) is 14.7. The van der Waals surface area contributed by atoms with Crippen molar-refractivity contribution < 1.29 is 9.47 Å². The molecule has 1 aliphatic heterocycles. The predicted octanol–water partition coefficient (Wildman–Crippen LogP) is 3.98. The van der Waals surface area contributed by atoms with Gasteiger partial charge in [0.2, 0.25) is 0 Å². The molecule has 2 aromatic carbocycles. The van der Waals surface area contributed by atoms with Crippen molar-refractivity contribution in [2.75, 3.05) is 31.0 Å². The fraction of sp³-hybridized carbons (Fsp3) is 0.304. The van der Waals surface area contributed by atoms with Crippen LogP contribution in [0.4, 0.5) is 11.6 Å². The highest BCUT2D eigenvalue weighted by Crippen LogP contribution is 2.34. The second-order valence-electron chi connectivity index (χ2n) is 7.25. The lowest BCUT2D eigenvalue weighted by atomic mass is 9.99. The summed E-state index contributed by atoms with van der Waals surface area (Å²) in [5.41, 5.74) is 5.02. The molecule has 29 heavy (non-hydrogen) atoms. The van der Waals surface area contributed by atoms with Gasteiger partial charge in [-0.3, -0.25) is 0 Å². The van der Waals surface area contributed by atoms with E-state index in [1.165, 1.54) is 22.3 Å². The van der Waals surface area contributed by atoms with Crippen LogP contribution in [0, 0.1) is 6.92 Å². The van der Waals surface area contributed by atoms with E-state index < -0.39 is 0 Å². The van der Waals surface area contributed by atoms with Crippen LogP contribution in [-0.4, -0.2) is 30.7 Å². The third-order valence-corrected chi connectivity index (χ3v) is 5.29. The Morgan fingerprint density at radius 2 is 1.69 bits per heavy atom. The fourth-order valence-electron chi connectivity index (χ4n) is 3.59. The van der Waals surface area contributed by atoms with E-state index in [0.29, 0.717) is 0 Å². The molecule has 1 aromatic heterocycles. The smallest absolute Gasteiger partial charge is 0.161 e. The van der Waals surface area contributed by atoms with Gasteiger partial charge in [-0.05, 0) is 42.2 Å². The zero-order valence-corrected chi connectivity index (χ0v) is 17.1. The van der Waals surface area contributed by atoms with Crippen molar-refractivity contribution in [2.24, 2.45) is 0 Å². The highest BCUT2D eigenvalue weighted by molar-refractivity contribution is 5.54. The molecule has 0 saturated carbocycles. The molecule has 2 heterocycles. The van der Waals surface area contributed by atoms with E-state index in [-0.39, 0.29) is 0 Å². The molecule has 0 aliphatic carbocycles. The number of nitrogens with one attached hydrogen (secondary N) is 1. The molecule has 0 saturated heterocycles. The topological polar surface area (TPSA) is 59.5 Å². The molecule has 0 bridgehead atoms. The molecule has 0 amide bonds. The number of ether oxygens (including phenoxy) is 2. The van der Waals surface area contributed by atoms with Crippen molar-refractivity contribution in [1.29, 1.82) is 0 Å². The molecule has 0 radical (unpaired) electrons. The summed E-state index contributed by atoms with van der Waals surface area (Å²) < 4.78 is 10.9. The third-order valence-electron chi connectivity index (χ3n) is 5.29. The maximum absolute atomic E-state index is 5.46. The van der Waals surface area contributed by atoms with Gasteiger partial charge in [0, 0.05) is 25.7 Å². The maximum Gasteiger partial charge on any atom is 0.161 e. The molecule has 1 aliphatic rings. The van der Waals surface area contributed by atoms with Gasteiger partial charge in [0.05, 0.1) is 14.2 Å². The number of rotatable bonds is 6. The second-order valence-corrected chi connectivity index (χ2v) is 7.25. The van der Waals surface area contributed by atoms with Gasteiger partial charge in [-0.15, -0.1) is 0 Å². The van der Waals surface area contributed by atoms with Crippen LogP contribution in [0.3, 0.4) is 0 Å². The second kappa shape index (κ2) is 8.39. The van der Waals surface area contributed by atoms with Crippen LogP contribution in [-0.2, 0) is 19.5 Å². The van der Waals surface area contributed by atoms with Crippen LogP contribution >= 0.6 is 0 Å². The molecule has 0 unspecified atom stereocenters. The number of methoxy groups -OCH3 is 2. The minimum Gasteiger partial charge on any atom is -0.493 e. The van der Waals surface area contributed by atoms with Gasteiger partial charge in [-0.1, -0.05) is 29.8 Å². The lowest BCUT2D eigenvalue weighted by Gasteiger charge is -2.30. The van der Waals surface area contributed by atoms with E-state index in [4.69, 9.17) is 9.47 Å². The summed E-state index contributed by atoms with van der Waals surface area (Å²) in [7, 11) is 3.34. The van der Waals surface area contributed by atoms with Crippen LogP contribution in [0.5, 0.6) is 11.5 Å². The highest BCUT2D eigenvalue weighted by Gasteiger charge is 2.20. The summed E-state index contributed by atoms with van der Waals surface area (Å²) in [4.78, 5) is 11.1. The van der Waals surface area contributed by atoms with E-state index in [9.17, 15) is 0 Å². The zero-order chi connectivity index (χ0) is 20.2. The first-order chi connectivity index (χ1) is 14.2. The average Bonchev–Trinajstić information content (AvgIpc) is 2.77. The molecular weight excluding hydrogens is 364 g/mol.